The zero-order valence-corrected chi connectivity index (χ0v) is 10.2. The maximum atomic E-state index is 12.9. The Balaban J connectivity index is 2.20. The number of nitrogens with one attached hydrogen (secondary N) is 1. The zero-order chi connectivity index (χ0) is 14.5. The highest BCUT2D eigenvalue weighted by molar-refractivity contribution is 5.56. The van der Waals surface area contributed by atoms with Gasteiger partial charge in [0.05, 0.1) is 17.2 Å². The van der Waals surface area contributed by atoms with Crippen molar-refractivity contribution in [1.82, 2.24) is 9.97 Å². The topological polar surface area (TPSA) is 81.0 Å². The molecule has 0 saturated carbocycles. The summed E-state index contributed by atoms with van der Waals surface area (Å²) in [5.74, 6) is 0. The van der Waals surface area contributed by atoms with Crippen molar-refractivity contribution in [3.8, 4) is 0 Å². The summed E-state index contributed by atoms with van der Waals surface area (Å²) in [6.45, 7) is 0.222. The fourth-order valence-corrected chi connectivity index (χ4v) is 1.61. The van der Waals surface area contributed by atoms with E-state index in [1.54, 1.807) is 6.07 Å². The highest BCUT2D eigenvalue weighted by Gasteiger charge is 2.17. The average Bonchev–Trinajstić information content (AvgIpc) is 2.45. The number of rotatable bonds is 5. The monoisotopic (exact) mass is 280 g/mol. The second-order valence-electron chi connectivity index (χ2n) is 3.88. The van der Waals surface area contributed by atoms with Crippen LogP contribution in [0.4, 0.5) is 20.2 Å². The summed E-state index contributed by atoms with van der Waals surface area (Å²) in [5, 5.41) is 13.4. The molecule has 0 spiro atoms. The number of nitro benzene ring substituents is 1. The first-order valence-corrected chi connectivity index (χ1v) is 5.63. The van der Waals surface area contributed by atoms with Gasteiger partial charge in [-0.2, -0.15) is 0 Å². The normalized spacial score (nSPS) is 10.6. The lowest BCUT2D eigenvalue weighted by molar-refractivity contribution is -0.385. The Morgan fingerprint density at radius 3 is 2.75 bits per heavy atom. The molecule has 20 heavy (non-hydrogen) atoms. The molecule has 0 saturated heterocycles. The van der Waals surface area contributed by atoms with Gasteiger partial charge in [0.25, 0.3) is 12.1 Å². The van der Waals surface area contributed by atoms with E-state index in [1.165, 1.54) is 24.7 Å². The number of hydrogen-bond acceptors (Lipinski definition) is 5. The highest BCUT2D eigenvalue weighted by atomic mass is 19.3. The Bertz CT molecular complexity index is 608. The van der Waals surface area contributed by atoms with Crippen LogP contribution in [0.3, 0.4) is 0 Å². The number of non-ortho nitro benzene ring substituents is 1. The molecule has 0 aliphatic rings. The van der Waals surface area contributed by atoms with E-state index in [1.807, 2.05) is 0 Å². The first kappa shape index (κ1) is 13.8. The molecular weight excluding hydrogens is 270 g/mol. The van der Waals surface area contributed by atoms with E-state index in [9.17, 15) is 18.9 Å². The summed E-state index contributed by atoms with van der Waals surface area (Å²) < 4.78 is 25.8. The van der Waals surface area contributed by atoms with Crippen LogP contribution in [0.15, 0.2) is 36.8 Å². The van der Waals surface area contributed by atoms with Crippen molar-refractivity contribution in [3.63, 3.8) is 0 Å². The number of anilines is 1. The smallest absolute Gasteiger partial charge is 0.270 e. The molecule has 8 heteroatoms. The van der Waals surface area contributed by atoms with E-state index in [0.29, 0.717) is 5.69 Å². The minimum absolute atomic E-state index is 0.143. The first-order chi connectivity index (χ1) is 9.58. The molecule has 1 heterocycles. The van der Waals surface area contributed by atoms with Crippen molar-refractivity contribution in [2.45, 2.75) is 13.0 Å². The number of nitro groups is 1. The molecule has 0 amide bonds. The third-order valence-electron chi connectivity index (χ3n) is 2.58. The lowest BCUT2D eigenvalue weighted by Crippen LogP contribution is -2.05. The maximum Gasteiger partial charge on any atom is 0.270 e. The number of nitrogens with zero attached hydrogens (tertiary/aromatic N) is 3. The number of aromatic nitrogens is 2. The summed E-state index contributed by atoms with van der Waals surface area (Å²) in [6, 6.07) is 4.95. The Morgan fingerprint density at radius 2 is 2.15 bits per heavy atom. The summed E-state index contributed by atoms with van der Waals surface area (Å²) in [4.78, 5) is 17.6. The van der Waals surface area contributed by atoms with Gasteiger partial charge >= 0.3 is 0 Å². The Hall–Kier alpha value is -2.64. The molecule has 1 aromatic carbocycles. The molecule has 1 aromatic heterocycles. The van der Waals surface area contributed by atoms with Gasteiger partial charge in [0.15, 0.2) is 0 Å². The van der Waals surface area contributed by atoms with Crippen LogP contribution < -0.4 is 5.32 Å². The molecule has 2 rings (SSSR count). The third kappa shape index (κ3) is 3.22. The van der Waals surface area contributed by atoms with Gasteiger partial charge in [0, 0.05) is 29.6 Å². The molecular formula is C12H10F2N4O2. The molecule has 0 bridgehead atoms. The van der Waals surface area contributed by atoms with Crippen LogP contribution in [-0.2, 0) is 6.54 Å². The Morgan fingerprint density at radius 1 is 1.35 bits per heavy atom. The highest BCUT2D eigenvalue weighted by Crippen LogP contribution is 2.30. The van der Waals surface area contributed by atoms with Gasteiger partial charge in [-0.1, -0.05) is 0 Å². The molecule has 0 unspecified atom stereocenters. The van der Waals surface area contributed by atoms with Crippen LogP contribution in [0.1, 0.15) is 17.7 Å². The molecule has 1 N–H and O–H groups in total. The van der Waals surface area contributed by atoms with Gasteiger partial charge in [-0.15, -0.1) is 0 Å². The van der Waals surface area contributed by atoms with Crippen LogP contribution in [0.25, 0.3) is 0 Å². The molecule has 2 aromatic rings. The van der Waals surface area contributed by atoms with Crippen molar-refractivity contribution >= 4 is 11.4 Å². The molecule has 0 aliphatic carbocycles. The van der Waals surface area contributed by atoms with Crippen LogP contribution in [0.5, 0.6) is 0 Å². The maximum absolute atomic E-state index is 12.9. The first-order valence-electron chi connectivity index (χ1n) is 5.63. The second kappa shape index (κ2) is 6.00. The number of hydrogen-bond donors (Lipinski definition) is 1. The Kier molecular flexibility index (Phi) is 4.14. The van der Waals surface area contributed by atoms with Gasteiger partial charge in [0.1, 0.15) is 6.33 Å². The van der Waals surface area contributed by atoms with Crippen LogP contribution in [-0.4, -0.2) is 14.9 Å². The lowest BCUT2D eigenvalue weighted by atomic mass is 10.1. The second-order valence-corrected chi connectivity index (χ2v) is 3.88. The average molecular weight is 280 g/mol. The van der Waals surface area contributed by atoms with Gasteiger partial charge < -0.3 is 5.32 Å². The predicted octanol–water partition coefficient (Wildman–Crippen LogP) is 2.93. The standard InChI is InChI=1S/C12H10F2N4O2/c13-12(14)10-5-9(18(19)20)1-2-11(10)16-6-8-3-4-15-7-17-8/h1-5,7,12,16H,6H2. The van der Waals surface area contributed by atoms with E-state index in [4.69, 9.17) is 0 Å². The van der Waals surface area contributed by atoms with E-state index < -0.39 is 16.9 Å². The lowest BCUT2D eigenvalue weighted by Gasteiger charge is -2.11. The molecule has 0 atom stereocenters. The van der Waals surface area contributed by atoms with Crippen LogP contribution in [0, 0.1) is 10.1 Å². The van der Waals surface area contributed by atoms with E-state index in [2.05, 4.69) is 15.3 Å². The van der Waals surface area contributed by atoms with Crippen LogP contribution in [0.2, 0.25) is 0 Å². The number of halogens is 2. The predicted molar refractivity (Wildman–Crippen MR) is 67.4 cm³/mol. The van der Waals surface area contributed by atoms with Gasteiger partial charge in [-0.05, 0) is 12.1 Å². The molecule has 104 valence electrons. The SMILES string of the molecule is O=[N+]([O-])c1ccc(NCc2ccncn2)c(C(F)F)c1. The van der Waals surface area contributed by atoms with Crippen molar-refractivity contribution < 1.29 is 13.7 Å². The van der Waals surface area contributed by atoms with Crippen molar-refractivity contribution in [1.29, 1.82) is 0 Å². The van der Waals surface area contributed by atoms with Gasteiger partial charge in [-0.3, -0.25) is 10.1 Å². The van der Waals surface area contributed by atoms with Crippen molar-refractivity contribution in [2.24, 2.45) is 0 Å². The summed E-state index contributed by atoms with van der Waals surface area (Å²) in [7, 11) is 0. The van der Waals surface area contributed by atoms with E-state index >= 15 is 0 Å². The molecule has 0 aliphatic heterocycles. The fraction of sp³-hybridized carbons (Fsp3) is 0.167. The zero-order valence-electron chi connectivity index (χ0n) is 10.2. The van der Waals surface area contributed by atoms with E-state index in [-0.39, 0.29) is 17.9 Å². The summed E-state index contributed by atoms with van der Waals surface area (Å²) in [5.41, 5.74) is -0.0103. The largest absolute Gasteiger partial charge is 0.379 e. The summed E-state index contributed by atoms with van der Waals surface area (Å²) >= 11 is 0. The minimum Gasteiger partial charge on any atom is -0.379 e. The molecule has 0 fully saturated rings. The van der Waals surface area contributed by atoms with Crippen molar-refractivity contribution in [3.05, 3.63) is 58.2 Å². The van der Waals surface area contributed by atoms with E-state index in [0.717, 1.165) is 6.07 Å². The van der Waals surface area contributed by atoms with Gasteiger partial charge in [0.2, 0.25) is 0 Å². The molecule has 0 radical (unpaired) electrons. The quantitative estimate of drug-likeness (QED) is 0.672. The molecule has 6 nitrogen and oxygen atoms in total. The summed E-state index contributed by atoms with van der Waals surface area (Å²) in [6.07, 6.45) is 0.0807. The minimum atomic E-state index is -2.80. The Labute approximate surface area is 112 Å². The third-order valence-corrected chi connectivity index (χ3v) is 2.58. The number of benzene rings is 1. The van der Waals surface area contributed by atoms with Crippen molar-refractivity contribution in [2.75, 3.05) is 5.32 Å². The number of alkyl halides is 2. The van der Waals surface area contributed by atoms with Crippen LogP contribution >= 0.6 is 0 Å². The van der Waals surface area contributed by atoms with Gasteiger partial charge in [-0.25, -0.2) is 18.7 Å². The fourth-order valence-electron chi connectivity index (χ4n) is 1.61.